The van der Waals surface area contributed by atoms with Gasteiger partial charge >= 0.3 is 0 Å². The Kier molecular flexibility index (Phi) is 11.2. The molecule has 0 bridgehead atoms. The van der Waals surface area contributed by atoms with E-state index in [-0.39, 0.29) is 0 Å². The second-order valence-electron chi connectivity index (χ2n) is 11.1. The molecule has 4 heterocycles. The maximum absolute atomic E-state index is 10.9. The van der Waals surface area contributed by atoms with Crippen molar-refractivity contribution in [3.8, 4) is 0 Å². The molecule has 42 heavy (non-hydrogen) atoms. The number of ether oxygens (including phenoxy) is 7. The average molecular weight is 619 g/mol. The molecule has 0 radical (unpaired) electrons. The molecular formula is C24H42O18. The van der Waals surface area contributed by atoms with Gasteiger partial charge in [0.2, 0.25) is 0 Å². The first-order valence-corrected chi connectivity index (χ1v) is 13.7. The minimum absolute atomic E-state index is 0.777. The van der Waals surface area contributed by atoms with E-state index in [9.17, 15) is 56.2 Å². The van der Waals surface area contributed by atoms with Crippen LogP contribution in [0.1, 0.15) is 20.8 Å². The van der Waals surface area contributed by atoms with Crippen molar-refractivity contribution in [2.24, 2.45) is 0 Å². The summed E-state index contributed by atoms with van der Waals surface area (Å²) < 4.78 is 39.6. The van der Waals surface area contributed by atoms with Crippen LogP contribution in [-0.4, -0.2) is 186 Å². The number of aliphatic hydroxyl groups excluding tert-OH is 11. The fraction of sp³-hybridized carbons (Fsp3) is 1.00. The van der Waals surface area contributed by atoms with Gasteiger partial charge in [-0.1, -0.05) is 0 Å². The molecule has 0 saturated carbocycles. The third kappa shape index (κ3) is 6.62. The molecule has 0 aromatic heterocycles. The minimum atomic E-state index is -1.90. The summed E-state index contributed by atoms with van der Waals surface area (Å²) in [4.78, 5) is 0. The molecule has 4 saturated heterocycles. The van der Waals surface area contributed by atoms with Crippen molar-refractivity contribution in [1.82, 2.24) is 0 Å². The Bertz CT molecular complexity index is 867. The van der Waals surface area contributed by atoms with Crippen molar-refractivity contribution in [3.05, 3.63) is 0 Å². The highest BCUT2D eigenvalue weighted by Crippen LogP contribution is 2.35. The number of hydrogen-bond acceptors (Lipinski definition) is 18. The first kappa shape index (κ1) is 34.2. The van der Waals surface area contributed by atoms with Crippen LogP contribution in [0.15, 0.2) is 0 Å². The average Bonchev–Trinajstić information content (AvgIpc) is 2.95. The maximum Gasteiger partial charge on any atom is 0.187 e. The van der Waals surface area contributed by atoms with Crippen LogP contribution in [0.3, 0.4) is 0 Å². The number of aliphatic hydroxyl groups is 11. The lowest BCUT2D eigenvalue weighted by Crippen LogP contribution is -2.67. The van der Waals surface area contributed by atoms with Gasteiger partial charge in [-0.15, -0.1) is 0 Å². The molecule has 0 aliphatic carbocycles. The van der Waals surface area contributed by atoms with Crippen molar-refractivity contribution in [1.29, 1.82) is 0 Å². The molecule has 4 fully saturated rings. The second kappa shape index (κ2) is 13.7. The van der Waals surface area contributed by atoms with E-state index in [0.717, 1.165) is 0 Å². The summed E-state index contributed by atoms with van der Waals surface area (Å²) in [7, 11) is 0. The zero-order chi connectivity index (χ0) is 31.2. The predicted molar refractivity (Wildman–Crippen MR) is 130 cm³/mol. The van der Waals surface area contributed by atoms with E-state index in [4.69, 9.17) is 33.2 Å². The van der Waals surface area contributed by atoms with Gasteiger partial charge < -0.3 is 89.3 Å². The van der Waals surface area contributed by atoms with E-state index in [1.807, 2.05) is 0 Å². The molecule has 18 heteroatoms. The standard InChI is InChI=1S/C24H42O18/c1-5-9(26)12(29)15(32)22(37-5)40-18-7(3)36-21(35)20(42-24-17(34)14(31)11(28)8(4-25)39-24)19(18)41-23-16(33)13(30)10(27)6(2)38-23/h5-35H,4H2,1-3H3/t5-,6-,7-,8+,9-,10-,11+,12+,13+,14-,15+,16+,17+,18-,19+,20+,21?,22-,23-,24-/m0/s1. The van der Waals surface area contributed by atoms with Gasteiger partial charge in [-0.25, -0.2) is 0 Å². The van der Waals surface area contributed by atoms with E-state index >= 15 is 0 Å². The summed E-state index contributed by atoms with van der Waals surface area (Å²) in [6, 6.07) is 0. The van der Waals surface area contributed by atoms with Crippen LogP contribution < -0.4 is 0 Å². The van der Waals surface area contributed by atoms with Gasteiger partial charge in [0, 0.05) is 0 Å². The van der Waals surface area contributed by atoms with Gasteiger partial charge in [-0.3, -0.25) is 0 Å². The van der Waals surface area contributed by atoms with Gasteiger partial charge in [-0.05, 0) is 20.8 Å². The lowest BCUT2D eigenvalue weighted by atomic mass is 9.95. The summed E-state index contributed by atoms with van der Waals surface area (Å²) in [6.07, 6.45) is -31.5. The summed E-state index contributed by atoms with van der Waals surface area (Å²) in [5.74, 6) is 0. The monoisotopic (exact) mass is 618 g/mol. The maximum atomic E-state index is 10.9. The molecule has 0 aromatic carbocycles. The molecule has 0 spiro atoms. The fourth-order valence-corrected chi connectivity index (χ4v) is 5.37. The quantitative estimate of drug-likeness (QED) is 0.126. The van der Waals surface area contributed by atoms with Gasteiger partial charge in [0.05, 0.1) is 24.9 Å². The van der Waals surface area contributed by atoms with Crippen LogP contribution in [0.4, 0.5) is 0 Å². The number of rotatable bonds is 7. The van der Waals surface area contributed by atoms with Crippen molar-refractivity contribution >= 4 is 0 Å². The molecule has 11 N–H and O–H groups in total. The lowest BCUT2D eigenvalue weighted by Gasteiger charge is -2.50. The molecule has 1 unspecified atom stereocenters. The molecule has 4 aliphatic rings. The molecule has 18 nitrogen and oxygen atoms in total. The molecule has 0 aromatic rings. The second-order valence-corrected chi connectivity index (χ2v) is 11.1. The molecule has 20 atom stereocenters. The smallest absolute Gasteiger partial charge is 0.187 e. The largest absolute Gasteiger partial charge is 0.394 e. The molecule has 246 valence electrons. The summed E-state index contributed by atoms with van der Waals surface area (Å²) in [5.41, 5.74) is 0. The van der Waals surface area contributed by atoms with Crippen molar-refractivity contribution < 1.29 is 89.3 Å². The normalized spacial score (nSPS) is 55.9. The third-order valence-electron chi connectivity index (χ3n) is 8.08. The zero-order valence-electron chi connectivity index (χ0n) is 23.0. The van der Waals surface area contributed by atoms with Crippen LogP contribution >= 0.6 is 0 Å². The highest BCUT2D eigenvalue weighted by molar-refractivity contribution is 4.97. The van der Waals surface area contributed by atoms with Gasteiger partial charge in [0.1, 0.15) is 79.4 Å². The third-order valence-corrected chi connectivity index (χ3v) is 8.08. The van der Waals surface area contributed by atoms with Crippen molar-refractivity contribution in [3.63, 3.8) is 0 Å². The minimum Gasteiger partial charge on any atom is -0.394 e. The van der Waals surface area contributed by atoms with Gasteiger partial charge in [0.15, 0.2) is 25.2 Å². The van der Waals surface area contributed by atoms with Crippen molar-refractivity contribution in [2.45, 2.75) is 144 Å². The topological polar surface area (TPSA) is 287 Å². The van der Waals surface area contributed by atoms with Crippen molar-refractivity contribution in [2.75, 3.05) is 6.61 Å². The van der Waals surface area contributed by atoms with E-state index < -0.39 is 129 Å². The summed E-state index contributed by atoms with van der Waals surface area (Å²) in [6.45, 7) is 3.46. The Morgan fingerprint density at radius 3 is 1.31 bits per heavy atom. The Balaban J connectivity index is 1.64. The fourth-order valence-electron chi connectivity index (χ4n) is 5.37. The zero-order valence-corrected chi connectivity index (χ0v) is 23.0. The van der Waals surface area contributed by atoms with Gasteiger partial charge in [-0.2, -0.15) is 0 Å². The van der Waals surface area contributed by atoms with E-state index in [2.05, 4.69) is 0 Å². The number of hydrogen-bond donors (Lipinski definition) is 11. The Morgan fingerprint density at radius 1 is 0.429 bits per heavy atom. The van der Waals surface area contributed by atoms with Crippen LogP contribution in [0.2, 0.25) is 0 Å². The Morgan fingerprint density at radius 2 is 0.833 bits per heavy atom. The van der Waals surface area contributed by atoms with E-state index in [0.29, 0.717) is 0 Å². The first-order chi connectivity index (χ1) is 19.7. The summed E-state index contributed by atoms with van der Waals surface area (Å²) in [5, 5.41) is 113. The highest BCUT2D eigenvalue weighted by atomic mass is 16.8. The lowest BCUT2D eigenvalue weighted by molar-refractivity contribution is -0.401. The molecular weight excluding hydrogens is 576 g/mol. The SMILES string of the molecule is C[C@@H]1O[C@@H](O[C@@H]2[C@@H](O[C@@H]3O[C@@H](C)[C@H](O)[C@@H](O)[C@H]3O)[C@@H](O[C@@H]3O[C@H](CO)[C@@H](O)[C@H](O)[C@H]3O)C(O)O[C@H]2C)[C@H](O)[C@H](O)[C@H]1O. The Hall–Kier alpha value is -0.720. The van der Waals surface area contributed by atoms with E-state index in [1.165, 1.54) is 20.8 Å². The van der Waals surface area contributed by atoms with Crippen LogP contribution in [0.5, 0.6) is 0 Å². The summed E-state index contributed by atoms with van der Waals surface area (Å²) >= 11 is 0. The molecule has 4 rings (SSSR count). The van der Waals surface area contributed by atoms with Crippen LogP contribution in [0.25, 0.3) is 0 Å². The van der Waals surface area contributed by atoms with Gasteiger partial charge in [0.25, 0.3) is 0 Å². The highest BCUT2D eigenvalue weighted by Gasteiger charge is 2.55. The predicted octanol–water partition coefficient (Wildman–Crippen LogP) is -6.67. The Labute approximate surface area is 240 Å². The molecule has 4 aliphatic heterocycles. The van der Waals surface area contributed by atoms with Crippen LogP contribution in [-0.2, 0) is 33.2 Å². The first-order valence-electron chi connectivity index (χ1n) is 13.7. The van der Waals surface area contributed by atoms with E-state index in [1.54, 1.807) is 0 Å². The molecule has 0 amide bonds. The van der Waals surface area contributed by atoms with Crippen LogP contribution in [0, 0.1) is 0 Å².